The number of amidine groups is 1. The number of carbonyl (C=O) groups excluding carboxylic acids is 1. The summed E-state index contributed by atoms with van der Waals surface area (Å²) in [5, 5.41) is 0. The standard InChI is InChI=1S/C14H21N5O/c1-4-6-17-9-16-12-11(17)13-15-8-10(3)19(13)14(20)18(12)7-5-2/h9-10H,4-8H2,1-3H3/t10-/m0/s1. The fourth-order valence-electron chi connectivity index (χ4n) is 2.91. The minimum Gasteiger partial charge on any atom is -0.326 e. The lowest BCUT2D eigenvalue weighted by atomic mass is 10.2. The summed E-state index contributed by atoms with van der Waals surface area (Å²) in [5.74, 6) is 1.57. The maximum absolute atomic E-state index is 12.7. The van der Waals surface area contributed by atoms with Crippen LogP contribution in [0, 0.1) is 0 Å². The van der Waals surface area contributed by atoms with E-state index in [0.717, 1.165) is 36.7 Å². The largest absolute Gasteiger partial charge is 0.331 e. The number of aliphatic imine (C=N–C) groups is 1. The molecule has 2 aliphatic rings. The Kier molecular flexibility index (Phi) is 3.23. The van der Waals surface area contributed by atoms with E-state index in [2.05, 4.69) is 28.4 Å². The van der Waals surface area contributed by atoms with Crippen LogP contribution < -0.4 is 4.90 Å². The zero-order chi connectivity index (χ0) is 14.3. The molecule has 0 bridgehead atoms. The van der Waals surface area contributed by atoms with E-state index in [1.54, 1.807) is 4.90 Å². The quantitative estimate of drug-likeness (QED) is 0.845. The summed E-state index contributed by atoms with van der Waals surface area (Å²) in [6.45, 7) is 8.54. The Balaban J connectivity index is 2.11. The van der Waals surface area contributed by atoms with Gasteiger partial charge in [-0.25, -0.2) is 9.78 Å². The van der Waals surface area contributed by atoms with Crippen LogP contribution in [0.4, 0.5) is 10.6 Å². The number of anilines is 1. The molecule has 0 saturated carbocycles. The molecule has 1 aromatic heterocycles. The molecule has 0 aliphatic carbocycles. The van der Waals surface area contributed by atoms with Crippen molar-refractivity contribution in [2.24, 2.45) is 4.99 Å². The van der Waals surface area contributed by atoms with E-state index in [1.807, 2.05) is 18.2 Å². The summed E-state index contributed by atoms with van der Waals surface area (Å²) >= 11 is 0. The van der Waals surface area contributed by atoms with Crippen LogP contribution in [0.3, 0.4) is 0 Å². The summed E-state index contributed by atoms with van der Waals surface area (Å²) in [6, 6.07) is 0.153. The summed E-state index contributed by atoms with van der Waals surface area (Å²) in [6.07, 6.45) is 3.78. The monoisotopic (exact) mass is 275 g/mol. The second-order valence-corrected chi connectivity index (χ2v) is 5.43. The molecular formula is C14H21N5O. The SMILES string of the molecule is CCCN1C(=O)N2C(=NC[C@@H]2C)c2c1ncn2CCC. The van der Waals surface area contributed by atoms with Gasteiger partial charge < -0.3 is 4.57 Å². The van der Waals surface area contributed by atoms with Crippen molar-refractivity contribution in [3.63, 3.8) is 0 Å². The number of carbonyl (C=O) groups is 1. The maximum Gasteiger partial charge on any atom is 0.331 e. The zero-order valence-corrected chi connectivity index (χ0v) is 12.3. The molecule has 1 aromatic rings. The van der Waals surface area contributed by atoms with E-state index in [0.29, 0.717) is 13.1 Å². The van der Waals surface area contributed by atoms with Crippen molar-refractivity contribution in [2.75, 3.05) is 18.0 Å². The Morgan fingerprint density at radius 2 is 2.05 bits per heavy atom. The van der Waals surface area contributed by atoms with Gasteiger partial charge in [-0.05, 0) is 19.8 Å². The Labute approximate surface area is 119 Å². The first-order valence-corrected chi connectivity index (χ1v) is 7.39. The van der Waals surface area contributed by atoms with Gasteiger partial charge in [0.25, 0.3) is 0 Å². The first-order chi connectivity index (χ1) is 9.69. The lowest BCUT2D eigenvalue weighted by Gasteiger charge is -2.35. The Bertz CT molecular complexity index is 562. The van der Waals surface area contributed by atoms with Crippen LogP contribution in [0.25, 0.3) is 0 Å². The van der Waals surface area contributed by atoms with Gasteiger partial charge in [-0.2, -0.15) is 0 Å². The van der Waals surface area contributed by atoms with E-state index in [1.165, 1.54) is 0 Å². The van der Waals surface area contributed by atoms with E-state index in [4.69, 9.17) is 0 Å². The molecule has 0 fully saturated rings. The smallest absolute Gasteiger partial charge is 0.326 e. The van der Waals surface area contributed by atoms with Gasteiger partial charge in [-0.15, -0.1) is 0 Å². The highest BCUT2D eigenvalue weighted by Gasteiger charge is 2.42. The fourth-order valence-corrected chi connectivity index (χ4v) is 2.91. The van der Waals surface area contributed by atoms with Crippen LogP contribution in [0.2, 0.25) is 0 Å². The van der Waals surface area contributed by atoms with Crippen LogP contribution in [-0.4, -0.2) is 45.4 Å². The number of urea groups is 1. The highest BCUT2D eigenvalue weighted by molar-refractivity contribution is 6.18. The third-order valence-corrected chi connectivity index (χ3v) is 3.81. The Hall–Kier alpha value is -1.85. The molecule has 6 heteroatoms. The van der Waals surface area contributed by atoms with Crippen LogP contribution in [0.15, 0.2) is 11.3 Å². The number of hydrogen-bond donors (Lipinski definition) is 0. The van der Waals surface area contributed by atoms with Gasteiger partial charge in [-0.1, -0.05) is 13.8 Å². The number of imidazole rings is 1. The van der Waals surface area contributed by atoms with Crippen LogP contribution >= 0.6 is 0 Å². The normalized spacial score (nSPS) is 21.1. The van der Waals surface area contributed by atoms with Gasteiger partial charge in [0, 0.05) is 13.1 Å². The molecule has 0 saturated heterocycles. The number of rotatable bonds is 4. The predicted octanol–water partition coefficient (Wildman–Crippen LogP) is 2.09. The number of aryl methyl sites for hydroxylation is 1. The molecule has 3 rings (SSSR count). The average Bonchev–Trinajstić information content (AvgIpc) is 2.99. The third kappa shape index (κ3) is 1.74. The molecule has 6 nitrogen and oxygen atoms in total. The molecule has 3 heterocycles. The predicted molar refractivity (Wildman–Crippen MR) is 78.3 cm³/mol. The number of hydrogen-bond acceptors (Lipinski definition) is 3. The first-order valence-electron chi connectivity index (χ1n) is 7.39. The summed E-state index contributed by atoms with van der Waals surface area (Å²) in [4.78, 5) is 25.3. The van der Waals surface area contributed by atoms with Crippen molar-refractivity contribution < 1.29 is 4.79 Å². The van der Waals surface area contributed by atoms with Gasteiger partial charge in [0.1, 0.15) is 5.69 Å². The summed E-state index contributed by atoms with van der Waals surface area (Å²) in [7, 11) is 0. The molecule has 1 atom stereocenters. The topological polar surface area (TPSA) is 53.7 Å². The number of aromatic nitrogens is 2. The molecule has 20 heavy (non-hydrogen) atoms. The second kappa shape index (κ2) is 4.92. The highest BCUT2D eigenvalue weighted by atomic mass is 16.2. The molecule has 0 unspecified atom stereocenters. The molecule has 0 N–H and O–H groups in total. The zero-order valence-electron chi connectivity index (χ0n) is 12.3. The molecule has 0 aromatic carbocycles. The van der Waals surface area contributed by atoms with Crippen LogP contribution in [0.1, 0.15) is 39.3 Å². The lowest BCUT2D eigenvalue weighted by Crippen LogP contribution is -2.53. The Morgan fingerprint density at radius 1 is 1.30 bits per heavy atom. The average molecular weight is 275 g/mol. The number of amides is 2. The third-order valence-electron chi connectivity index (χ3n) is 3.81. The van der Waals surface area contributed by atoms with Crippen molar-refractivity contribution in [3.05, 3.63) is 12.0 Å². The van der Waals surface area contributed by atoms with Crippen molar-refractivity contribution in [2.45, 2.75) is 46.2 Å². The van der Waals surface area contributed by atoms with Crippen molar-refractivity contribution >= 4 is 17.7 Å². The minimum absolute atomic E-state index is 0.0184. The minimum atomic E-state index is 0.0184. The molecule has 108 valence electrons. The van der Waals surface area contributed by atoms with E-state index >= 15 is 0 Å². The van der Waals surface area contributed by atoms with Crippen LogP contribution in [-0.2, 0) is 6.54 Å². The molecule has 2 amide bonds. The van der Waals surface area contributed by atoms with E-state index in [9.17, 15) is 4.79 Å². The number of fused-ring (bicyclic) bond motifs is 3. The molecule has 0 radical (unpaired) electrons. The summed E-state index contributed by atoms with van der Waals surface area (Å²) in [5.41, 5.74) is 1.00. The molecule has 2 aliphatic heterocycles. The maximum atomic E-state index is 12.7. The van der Waals surface area contributed by atoms with Crippen molar-refractivity contribution in [1.29, 1.82) is 0 Å². The highest BCUT2D eigenvalue weighted by Crippen LogP contribution is 2.32. The van der Waals surface area contributed by atoms with Crippen LogP contribution in [0.5, 0.6) is 0 Å². The van der Waals surface area contributed by atoms with Gasteiger partial charge in [0.05, 0.1) is 18.9 Å². The van der Waals surface area contributed by atoms with Gasteiger partial charge >= 0.3 is 6.03 Å². The van der Waals surface area contributed by atoms with E-state index < -0.39 is 0 Å². The molecule has 0 spiro atoms. The fraction of sp³-hybridized carbons (Fsp3) is 0.643. The van der Waals surface area contributed by atoms with E-state index in [-0.39, 0.29) is 12.1 Å². The first kappa shape index (κ1) is 13.1. The second-order valence-electron chi connectivity index (χ2n) is 5.43. The number of nitrogens with zero attached hydrogens (tertiary/aromatic N) is 5. The lowest BCUT2D eigenvalue weighted by molar-refractivity contribution is 0.220. The molecular weight excluding hydrogens is 254 g/mol. The Morgan fingerprint density at radius 3 is 2.75 bits per heavy atom. The van der Waals surface area contributed by atoms with Crippen molar-refractivity contribution in [1.82, 2.24) is 14.5 Å². The van der Waals surface area contributed by atoms with Gasteiger partial charge in [-0.3, -0.25) is 14.8 Å². The van der Waals surface area contributed by atoms with Crippen molar-refractivity contribution in [3.8, 4) is 0 Å². The summed E-state index contributed by atoms with van der Waals surface area (Å²) < 4.78 is 2.12. The van der Waals surface area contributed by atoms with Gasteiger partial charge in [0.15, 0.2) is 11.7 Å². The van der Waals surface area contributed by atoms with Gasteiger partial charge in [0.2, 0.25) is 0 Å².